The lowest BCUT2D eigenvalue weighted by Crippen LogP contribution is -2.12. The highest BCUT2D eigenvalue weighted by molar-refractivity contribution is 7.91. The van der Waals surface area contributed by atoms with Crippen molar-refractivity contribution >= 4 is 9.84 Å². The summed E-state index contributed by atoms with van der Waals surface area (Å²) in [5.74, 6) is 1.57. The quantitative estimate of drug-likeness (QED) is 0.732. The average Bonchev–Trinajstić information content (AvgIpc) is 2.70. The van der Waals surface area contributed by atoms with Crippen molar-refractivity contribution in [2.45, 2.75) is 25.8 Å². The van der Waals surface area contributed by atoms with Crippen LogP contribution in [0.25, 0.3) is 0 Å². The summed E-state index contributed by atoms with van der Waals surface area (Å²) in [4.78, 5) is 4.20. The molecule has 1 aromatic rings. The zero-order valence-corrected chi connectivity index (χ0v) is 9.00. The first kappa shape index (κ1) is 9.71. The minimum absolute atomic E-state index is 0.109. The molecule has 1 fully saturated rings. The van der Waals surface area contributed by atoms with E-state index >= 15 is 0 Å². The Morgan fingerprint density at radius 3 is 3.00 bits per heavy atom. The molecule has 0 N–H and O–H groups in total. The molecular formula is C9H14N2O2S. The third kappa shape index (κ3) is 1.68. The third-order valence-corrected chi connectivity index (χ3v) is 4.42. The Kier molecular flexibility index (Phi) is 2.34. The van der Waals surface area contributed by atoms with E-state index in [1.165, 1.54) is 0 Å². The predicted molar refractivity (Wildman–Crippen MR) is 53.9 cm³/mol. The van der Waals surface area contributed by atoms with Crippen LogP contribution in [0.1, 0.15) is 25.2 Å². The van der Waals surface area contributed by atoms with Crippen LogP contribution in [-0.2, 0) is 16.3 Å². The van der Waals surface area contributed by atoms with Gasteiger partial charge in [0.25, 0.3) is 0 Å². The molecular weight excluding hydrogens is 200 g/mol. The second-order valence-corrected chi connectivity index (χ2v) is 5.89. The first-order valence-corrected chi connectivity index (χ1v) is 6.66. The molecule has 1 aliphatic heterocycles. The monoisotopic (exact) mass is 214 g/mol. The molecule has 1 aliphatic rings. The van der Waals surface area contributed by atoms with Gasteiger partial charge in [-0.15, -0.1) is 0 Å². The summed E-state index contributed by atoms with van der Waals surface area (Å²) in [6, 6.07) is 0.109. The molecule has 1 atom stereocenters. The van der Waals surface area contributed by atoms with Gasteiger partial charge in [-0.2, -0.15) is 0 Å². The third-order valence-electron chi connectivity index (χ3n) is 2.67. The molecule has 0 spiro atoms. The summed E-state index contributed by atoms with van der Waals surface area (Å²) in [6.07, 6.45) is 5.20. The summed E-state index contributed by atoms with van der Waals surface area (Å²) >= 11 is 0. The Balaban J connectivity index is 2.25. The summed E-state index contributed by atoms with van der Waals surface area (Å²) in [6.45, 7) is 2.03. The van der Waals surface area contributed by atoms with Crippen molar-refractivity contribution in [3.05, 3.63) is 18.2 Å². The van der Waals surface area contributed by atoms with Gasteiger partial charge < -0.3 is 4.57 Å². The van der Waals surface area contributed by atoms with Crippen molar-refractivity contribution in [1.82, 2.24) is 9.55 Å². The minimum Gasteiger partial charge on any atom is -0.331 e. The van der Waals surface area contributed by atoms with E-state index in [2.05, 4.69) is 4.98 Å². The SMILES string of the molecule is CCc1nccn1C1CCS(=O)(=O)C1. The first-order chi connectivity index (χ1) is 6.62. The highest BCUT2D eigenvalue weighted by Crippen LogP contribution is 2.24. The average molecular weight is 214 g/mol. The summed E-state index contributed by atoms with van der Waals surface area (Å²) in [5, 5.41) is 0. The van der Waals surface area contributed by atoms with E-state index in [0.29, 0.717) is 5.75 Å². The van der Waals surface area contributed by atoms with Gasteiger partial charge in [-0.1, -0.05) is 6.92 Å². The van der Waals surface area contributed by atoms with Crippen LogP contribution in [0.3, 0.4) is 0 Å². The molecule has 0 bridgehead atoms. The molecule has 1 saturated heterocycles. The van der Waals surface area contributed by atoms with E-state index in [1.54, 1.807) is 6.20 Å². The topological polar surface area (TPSA) is 52.0 Å². The highest BCUT2D eigenvalue weighted by Gasteiger charge is 2.29. The van der Waals surface area contributed by atoms with Gasteiger partial charge in [0.05, 0.1) is 11.5 Å². The van der Waals surface area contributed by atoms with E-state index in [9.17, 15) is 8.42 Å². The van der Waals surface area contributed by atoms with Crippen molar-refractivity contribution in [1.29, 1.82) is 0 Å². The van der Waals surface area contributed by atoms with Gasteiger partial charge in [0.1, 0.15) is 5.82 Å². The zero-order valence-electron chi connectivity index (χ0n) is 8.18. The minimum atomic E-state index is -2.80. The molecule has 0 amide bonds. The van der Waals surface area contributed by atoms with Crippen molar-refractivity contribution in [3.63, 3.8) is 0 Å². The van der Waals surface area contributed by atoms with Gasteiger partial charge in [-0.05, 0) is 6.42 Å². The van der Waals surface area contributed by atoms with Crippen LogP contribution < -0.4 is 0 Å². The lowest BCUT2D eigenvalue weighted by Gasteiger charge is -2.12. The summed E-state index contributed by atoms with van der Waals surface area (Å²) < 4.78 is 24.6. The number of aromatic nitrogens is 2. The fourth-order valence-corrected chi connectivity index (χ4v) is 3.66. The van der Waals surface area contributed by atoms with Gasteiger partial charge in [-0.3, -0.25) is 0 Å². The number of nitrogens with zero attached hydrogens (tertiary/aromatic N) is 2. The van der Waals surface area contributed by atoms with Crippen LogP contribution >= 0.6 is 0 Å². The summed E-state index contributed by atoms with van der Waals surface area (Å²) in [7, 11) is -2.80. The smallest absolute Gasteiger partial charge is 0.152 e. The molecule has 0 aliphatic carbocycles. The molecule has 1 unspecified atom stereocenters. The Morgan fingerprint density at radius 2 is 2.43 bits per heavy atom. The second-order valence-electron chi connectivity index (χ2n) is 3.66. The molecule has 2 rings (SSSR count). The number of imidazole rings is 1. The Labute approximate surface area is 83.9 Å². The maximum absolute atomic E-state index is 11.3. The van der Waals surface area contributed by atoms with E-state index in [0.717, 1.165) is 18.7 Å². The van der Waals surface area contributed by atoms with Crippen LogP contribution in [0, 0.1) is 0 Å². The highest BCUT2D eigenvalue weighted by atomic mass is 32.2. The largest absolute Gasteiger partial charge is 0.331 e. The summed E-state index contributed by atoms with van der Waals surface area (Å²) in [5.41, 5.74) is 0. The van der Waals surface area contributed by atoms with Crippen LogP contribution in [0.5, 0.6) is 0 Å². The molecule has 78 valence electrons. The molecule has 14 heavy (non-hydrogen) atoms. The van der Waals surface area contributed by atoms with Crippen molar-refractivity contribution in [2.24, 2.45) is 0 Å². The Bertz CT molecular complexity index is 422. The molecule has 5 heteroatoms. The number of sulfone groups is 1. The molecule has 0 saturated carbocycles. The Hall–Kier alpha value is -0.840. The van der Waals surface area contributed by atoms with Crippen LogP contribution in [0.4, 0.5) is 0 Å². The van der Waals surface area contributed by atoms with E-state index in [-0.39, 0.29) is 11.8 Å². The maximum Gasteiger partial charge on any atom is 0.152 e. The molecule has 2 heterocycles. The normalized spacial score (nSPS) is 25.4. The van der Waals surface area contributed by atoms with Crippen LogP contribution in [0.2, 0.25) is 0 Å². The van der Waals surface area contributed by atoms with Gasteiger partial charge in [-0.25, -0.2) is 13.4 Å². The lowest BCUT2D eigenvalue weighted by atomic mass is 10.2. The standard InChI is InChI=1S/C9H14N2O2S/c1-2-9-10-4-5-11(9)8-3-6-14(12,13)7-8/h4-5,8H,2-3,6-7H2,1H3. The first-order valence-electron chi connectivity index (χ1n) is 4.84. The van der Waals surface area contributed by atoms with Crippen LogP contribution in [0.15, 0.2) is 12.4 Å². The van der Waals surface area contributed by atoms with Crippen LogP contribution in [-0.4, -0.2) is 29.5 Å². The maximum atomic E-state index is 11.3. The lowest BCUT2D eigenvalue weighted by molar-refractivity contribution is 0.534. The molecule has 0 aromatic carbocycles. The number of hydrogen-bond donors (Lipinski definition) is 0. The molecule has 4 nitrogen and oxygen atoms in total. The van der Waals surface area contributed by atoms with Crippen molar-refractivity contribution in [2.75, 3.05) is 11.5 Å². The number of hydrogen-bond acceptors (Lipinski definition) is 3. The van der Waals surface area contributed by atoms with Gasteiger partial charge in [0.2, 0.25) is 0 Å². The van der Waals surface area contributed by atoms with Gasteiger partial charge in [0.15, 0.2) is 9.84 Å². The second kappa shape index (κ2) is 3.38. The van der Waals surface area contributed by atoms with Gasteiger partial charge >= 0.3 is 0 Å². The molecule has 0 radical (unpaired) electrons. The van der Waals surface area contributed by atoms with Gasteiger partial charge in [0, 0.05) is 24.9 Å². The predicted octanol–water partition coefficient (Wildman–Crippen LogP) is 0.805. The Morgan fingerprint density at radius 1 is 1.64 bits per heavy atom. The number of aryl methyl sites for hydroxylation is 1. The van der Waals surface area contributed by atoms with Crippen molar-refractivity contribution < 1.29 is 8.42 Å². The van der Waals surface area contributed by atoms with Crippen molar-refractivity contribution in [3.8, 4) is 0 Å². The number of rotatable bonds is 2. The zero-order chi connectivity index (χ0) is 10.2. The molecule has 1 aromatic heterocycles. The fraction of sp³-hybridized carbons (Fsp3) is 0.667. The van der Waals surface area contributed by atoms with E-state index < -0.39 is 9.84 Å². The van der Waals surface area contributed by atoms with E-state index in [4.69, 9.17) is 0 Å². The fourth-order valence-electron chi connectivity index (χ4n) is 1.94. The van der Waals surface area contributed by atoms with E-state index in [1.807, 2.05) is 17.7 Å².